The summed E-state index contributed by atoms with van der Waals surface area (Å²) < 4.78 is 3.62. The van der Waals surface area contributed by atoms with Gasteiger partial charge in [-0.2, -0.15) is 0 Å². The van der Waals surface area contributed by atoms with Crippen molar-refractivity contribution in [2.45, 2.75) is 18.9 Å². The van der Waals surface area contributed by atoms with Crippen molar-refractivity contribution < 1.29 is 0 Å². The van der Waals surface area contributed by atoms with Crippen LogP contribution in [0.25, 0.3) is 0 Å². The summed E-state index contributed by atoms with van der Waals surface area (Å²) in [4.78, 5) is 0. The monoisotopic (exact) mass is 142 g/mol. The van der Waals surface area contributed by atoms with Gasteiger partial charge in [0.05, 0.1) is 0 Å². The second kappa shape index (κ2) is 1.91. The van der Waals surface area contributed by atoms with Gasteiger partial charge in [-0.1, -0.05) is 9.59 Å². The summed E-state index contributed by atoms with van der Waals surface area (Å²) in [5.74, 6) is 0. The minimum Gasteiger partial charge on any atom is -0.356 e. The highest BCUT2D eigenvalue weighted by atomic mass is 32.1. The van der Waals surface area contributed by atoms with Crippen LogP contribution in [0, 0.1) is 0 Å². The normalized spacial score (nSPS) is 17.8. The van der Waals surface area contributed by atoms with E-state index in [1.165, 1.54) is 24.4 Å². The van der Waals surface area contributed by atoms with Gasteiger partial charge in [-0.3, -0.25) is 0 Å². The lowest BCUT2D eigenvalue weighted by Gasteiger charge is -1.91. The van der Waals surface area contributed by atoms with E-state index >= 15 is 0 Å². The van der Waals surface area contributed by atoms with Gasteiger partial charge in [0.15, 0.2) is 0 Å². The van der Waals surface area contributed by atoms with E-state index in [4.69, 9.17) is 0 Å². The lowest BCUT2D eigenvalue weighted by atomic mass is 10.7. The third kappa shape index (κ3) is 1.16. The summed E-state index contributed by atoms with van der Waals surface area (Å²) in [6.45, 7) is 0. The van der Waals surface area contributed by atoms with E-state index in [0.29, 0.717) is 6.04 Å². The maximum Gasteiger partial charge on any atom is 0.225 e. The van der Waals surface area contributed by atoms with Crippen LogP contribution in [0.2, 0.25) is 0 Å². The highest BCUT2D eigenvalue weighted by molar-refractivity contribution is 7.09. The SMILES string of the molecule is C1CC1Nc1nnns1. The van der Waals surface area contributed by atoms with Gasteiger partial charge in [0.1, 0.15) is 0 Å². The zero-order valence-electron chi connectivity index (χ0n) is 4.74. The van der Waals surface area contributed by atoms with Crippen LogP contribution in [-0.4, -0.2) is 20.8 Å². The molecule has 0 bridgehead atoms. The summed E-state index contributed by atoms with van der Waals surface area (Å²) in [6.07, 6.45) is 2.53. The molecule has 1 aromatic heterocycles. The van der Waals surface area contributed by atoms with Gasteiger partial charge in [0, 0.05) is 17.6 Å². The number of anilines is 1. The van der Waals surface area contributed by atoms with Crippen molar-refractivity contribution in [1.82, 2.24) is 14.8 Å². The van der Waals surface area contributed by atoms with Crippen LogP contribution in [-0.2, 0) is 0 Å². The van der Waals surface area contributed by atoms with Gasteiger partial charge in [-0.15, -0.1) is 0 Å². The summed E-state index contributed by atoms with van der Waals surface area (Å²) in [5, 5.41) is 11.2. The molecule has 0 unspecified atom stereocenters. The molecule has 2 rings (SSSR count). The molecule has 0 atom stereocenters. The molecular formula is C4H6N4S. The Morgan fingerprint density at radius 1 is 1.56 bits per heavy atom. The van der Waals surface area contributed by atoms with E-state index < -0.39 is 0 Å². The van der Waals surface area contributed by atoms with Crippen molar-refractivity contribution in [1.29, 1.82) is 0 Å². The summed E-state index contributed by atoms with van der Waals surface area (Å²) in [5.41, 5.74) is 0. The van der Waals surface area contributed by atoms with Crippen LogP contribution in [0.5, 0.6) is 0 Å². The number of nitrogens with zero attached hydrogens (tertiary/aromatic N) is 3. The van der Waals surface area contributed by atoms with E-state index in [-0.39, 0.29) is 0 Å². The lowest BCUT2D eigenvalue weighted by molar-refractivity contribution is 0.950. The highest BCUT2D eigenvalue weighted by Gasteiger charge is 2.21. The van der Waals surface area contributed by atoms with E-state index in [9.17, 15) is 0 Å². The molecule has 1 aliphatic rings. The van der Waals surface area contributed by atoms with Crippen LogP contribution in [0.15, 0.2) is 0 Å². The van der Waals surface area contributed by atoms with Crippen LogP contribution in [0.1, 0.15) is 12.8 Å². The molecule has 0 radical (unpaired) electrons. The minimum absolute atomic E-state index is 0.653. The topological polar surface area (TPSA) is 50.7 Å². The van der Waals surface area contributed by atoms with Crippen molar-refractivity contribution in [2.75, 3.05) is 5.32 Å². The Labute approximate surface area is 56.4 Å². The molecule has 0 aliphatic heterocycles. The van der Waals surface area contributed by atoms with Crippen molar-refractivity contribution in [2.24, 2.45) is 0 Å². The molecule has 1 aliphatic carbocycles. The first-order chi connectivity index (χ1) is 4.45. The largest absolute Gasteiger partial charge is 0.356 e. The maximum atomic E-state index is 3.74. The van der Waals surface area contributed by atoms with Gasteiger partial charge in [0.2, 0.25) is 5.13 Å². The maximum absolute atomic E-state index is 3.74. The number of nitrogens with one attached hydrogen (secondary N) is 1. The molecule has 1 N–H and O–H groups in total. The first-order valence-corrected chi connectivity index (χ1v) is 3.64. The van der Waals surface area contributed by atoms with Crippen LogP contribution in [0.4, 0.5) is 5.13 Å². The Hall–Kier alpha value is -0.710. The molecule has 0 amide bonds. The quantitative estimate of drug-likeness (QED) is 0.653. The molecule has 1 heterocycles. The molecule has 1 saturated carbocycles. The van der Waals surface area contributed by atoms with E-state index in [0.717, 1.165) is 5.13 Å². The fourth-order valence-corrected chi connectivity index (χ4v) is 1.03. The van der Waals surface area contributed by atoms with Crippen molar-refractivity contribution in [3.63, 3.8) is 0 Å². The Kier molecular flexibility index (Phi) is 1.08. The average molecular weight is 142 g/mol. The van der Waals surface area contributed by atoms with E-state index in [1.807, 2.05) is 0 Å². The molecule has 48 valence electrons. The lowest BCUT2D eigenvalue weighted by Crippen LogP contribution is -1.99. The first-order valence-electron chi connectivity index (χ1n) is 2.87. The van der Waals surface area contributed by atoms with Gasteiger partial charge in [-0.25, -0.2) is 0 Å². The number of aromatic nitrogens is 3. The Bertz CT molecular complexity index is 180. The fourth-order valence-electron chi connectivity index (χ4n) is 0.592. The zero-order valence-corrected chi connectivity index (χ0v) is 5.56. The van der Waals surface area contributed by atoms with E-state index in [1.54, 1.807) is 0 Å². The molecule has 5 heteroatoms. The Morgan fingerprint density at radius 2 is 2.44 bits per heavy atom. The molecule has 1 aromatic rings. The molecule has 0 aromatic carbocycles. The first kappa shape index (κ1) is 5.10. The summed E-state index contributed by atoms with van der Waals surface area (Å²) >= 11 is 1.31. The van der Waals surface area contributed by atoms with Crippen molar-refractivity contribution in [3.05, 3.63) is 0 Å². The minimum atomic E-state index is 0.653. The molecule has 0 saturated heterocycles. The standard InChI is InChI=1S/C4H6N4S/c1-2-3(1)5-4-6-7-8-9-4/h3H,1-2H2,(H,5,6,8). The van der Waals surface area contributed by atoms with Gasteiger partial charge < -0.3 is 5.32 Å². The van der Waals surface area contributed by atoms with Gasteiger partial charge in [0.25, 0.3) is 0 Å². The van der Waals surface area contributed by atoms with Gasteiger partial charge >= 0.3 is 0 Å². The molecular weight excluding hydrogens is 136 g/mol. The number of hydrogen-bond acceptors (Lipinski definition) is 5. The molecule has 1 fully saturated rings. The molecule has 4 nitrogen and oxygen atoms in total. The van der Waals surface area contributed by atoms with Crippen LogP contribution < -0.4 is 5.32 Å². The summed E-state index contributed by atoms with van der Waals surface area (Å²) in [6, 6.07) is 0.653. The predicted octanol–water partition coefficient (Wildman–Crippen LogP) is 0.507. The molecule has 0 spiro atoms. The van der Waals surface area contributed by atoms with E-state index in [2.05, 4.69) is 20.1 Å². The van der Waals surface area contributed by atoms with Crippen molar-refractivity contribution >= 4 is 16.7 Å². The smallest absolute Gasteiger partial charge is 0.225 e. The van der Waals surface area contributed by atoms with Crippen LogP contribution in [0.3, 0.4) is 0 Å². The Morgan fingerprint density at radius 3 is 3.00 bits per heavy atom. The Balaban J connectivity index is 1.99. The molecule has 9 heavy (non-hydrogen) atoms. The second-order valence-corrected chi connectivity index (χ2v) is 2.82. The average Bonchev–Trinajstić information content (AvgIpc) is 2.46. The third-order valence-corrected chi connectivity index (χ3v) is 1.73. The van der Waals surface area contributed by atoms with Gasteiger partial charge in [-0.05, 0) is 18.1 Å². The zero-order chi connectivity index (χ0) is 6.10. The predicted molar refractivity (Wildman–Crippen MR) is 34.3 cm³/mol. The van der Waals surface area contributed by atoms with Crippen molar-refractivity contribution in [3.8, 4) is 0 Å². The second-order valence-electron chi connectivity index (χ2n) is 2.09. The third-order valence-electron chi connectivity index (χ3n) is 1.20. The highest BCUT2D eigenvalue weighted by Crippen LogP contribution is 2.24. The number of hydrogen-bond donors (Lipinski definition) is 1. The summed E-state index contributed by atoms with van der Waals surface area (Å²) in [7, 11) is 0. The number of rotatable bonds is 2. The van der Waals surface area contributed by atoms with Crippen LogP contribution >= 0.6 is 11.5 Å². The fraction of sp³-hybridized carbons (Fsp3) is 0.750.